The SMILES string of the molecule is COCc1cc(N2CCOCC2)nc(SCc2cccc(C(=O)N3CCCC3)c2)n1. The molecule has 0 radical (unpaired) electrons. The molecule has 2 aromatic rings. The summed E-state index contributed by atoms with van der Waals surface area (Å²) in [5.41, 5.74) is 2.73. The van der Waals surface area contributed by atoms with Gasteiger partial charge in [0.25, 0.3) is 5.91 Å². The van der Waals surface area contributed by atoms with E-state index in [1.807, 2.05) is 29.2 Å². The zero-order valence-electron chi connectivity index (χ0n) is 17.4. The van der Waals surface area contributed by atoms with Gasteiger partial charge >= 0.3 is 0 Å². The molecule has 2 saturated heterocycles. The Hall–Kier alpha value is -2.16. The first-order valence-corrected chi connectivity index (χ1v) is 11.4. The van der Waals surface area contributed by atoms with Gasteiger partial charge in [0.15, 0.2) is 5.16 Å². The second-order valence-corrected chi connectivity index (χ2v) is 8.46. The van der Waals surface area contributed by atoms with Crippen LogP contribution >= 0.6 is 11.8 Å². The molecular formula is C22H28N4O3S. The van der Waals surface area contributed by atoms with Gasteiger partial charge < -0.3 is 19.3 Å². The summed E-state index contributed by atoms with van der Waals surface area (Å²) in [6, 6.07) is 9.90. The van der Waals surface area contributed by atoms with Crippen molar-refractivity contribution in [3.05, 3.63) is 47.2 Å². The first-order chi connectivity index (χ1) is 14.7. The highest BCUT2D eigenvalue weighted by molar-refractivity contribution is 7.98. The van der Waals surface area contributed by atoms with E-state index in [1.165, 1.54) is 0 Å². The summed E-state index contributed by atoms with van der Waals surface area (Å²) in [5.74, 6) is 1.76. The molecule has 3 heterocycles. The van der Waals surface area contributed by atoms with Crippen LogP contribution in [0.1, 0.15) is 34.5 Å². The molecule has 2 fully saturated rings. The third-order valence-electron chi connectivity index (χ3n) is 5.31. The smallest absolute Gasteiger partial charge is 0.253 e. The lowest BCUT2D eigenvalue weighted by atomic mass is 10.1. The van der Waals surface area contributed by atoms with Crippen LogP contribution in [0.3, 0.4) is 0 Å². The molecule has 4 rings (SSSR count). The van der Waals surface area contributed by atoms with Gasteiger partial charge in [-0.05, 0) is 30.5 Å². The van der Waals surface area contributed by atoms with E-state index in [-0.39, 0.29) is 5.91 Å². The van der Waals surface area contributed by atoms with Crippen molar-refractivity contribution < 1.29 is 14.3 Å². The number of likely N-dealkylation sites (tertiary alicyclic amines) is 1. The van der Waals surface area contributed by atoms with Crippen molar-refractivity contribution in [2.75, 3.05) is 51.4 Å². The van der Waals surface area contributed by atoms with E-state index in [9.17, 15) is 4.79 Å². The summed E-state index contributed by atoms with van der Waals surface area (Å²) < 4.78 is 10.7. The fourth-order valence-corrected chi connectivity index (χ4v) is 4.56. The quantitative estimate of drug-likeness (QED) is 0.496. The molecule has 0 aliphatic carbocycles. The zero-order valence-corrected chi connectivity index (χ0v) is 18.2. The molecule has 30 heavy (non-hydrogen) atoms. The molecule has 2 aliphatic heterocycles. The largest absolute Gasteiger partial charge is 0.378 e. The van der Waals surface area contributed by atoms with E-state index in [0.29, 0.717) is 25.6 Å². The van der Waals surface area contributed by atoms with Gasteiger partial charge in [0.2, 0.25) is 0 Å². The minimum Gasteiger partial charge on any atom is -0.378 e. The van der Waals surface area contributed by atoms with Crippen LogP contribution in [0, 0.1) is 0 Å². The minimum atomic E-state index is 0.132. The molecule has 1 aromatic heterocycles. The molecule has 7 nitrogen and oxygen atoms in total. The average Bonchev–Trinajstić information content (AvgIpc) is 3.33. The number of thioether (sulfide) groups is 1. The van der Waals surface area contributed by atoms with Gasteiger partial charge in [-0.25, -0.2) is 9.97 Å². The summed E-state index contributed by atoms with van der Waals surface area (Å²) in [5, 5.41) is 0.724. The van der Waals surface area contributed by atoms with Crippen LogP contribution < -0.4 is 4.90 Å². The fraction of sp³-hybridized carbons (Fsp3) is 0.500. The molecule has 1 amide bonds. The van der Waals surface area contributed by atoms with Crippen LogP contribution in [-0.2, 0) is 21.8 Å². The average molecular weight is 429 g/mol. The number of morpholine rings is 1. The molecular weight excluding hydrogens is 400 g/mol. The van der Waals surface area contributed by atoms with E-state index in [1.54, 1.807) is 18.9 Å². The maximum Gasteiger partial charge on any atom is 0.253 e. The lowest BCUT2D eigenvalue weighted by Gasteiger charge is -2.28. The van der Waals surface area contributed by atoms with Crippen LogP contribution in [0.25, 0.3) is 0 Å². The summed E-state index contributed by atoms with van der Waals surface area (Å²) >= 11 is 1.58. The van der Waals surface area contributed by atoms with Crippen molar-refractivity contribution in [2.24, 2.45) is 0 Å². The van der Waals surface area contributed by atoms with Crippen molar-refractivity contribution in [1.29, 1.82) is 0 Å². The lowest BCUT2D eigenvalue weighted by molar-refractivity contribution is 0.0792. The van der Waals surface area contributed by atoms with E-state index >= 15 is 0 Å². The third-order valence-corrected chi connectivity index (χ3v) is 6.23. The first-order valence-electron chi connectivity index (χ1n) is 10.4. The highest BCUT2D eigenvalue weighted by atomic mass is 32.2. The van der Waals surface area contributed by atoms with Gasteiger partial charge in [-0.15, -0.1) is 0 Å². The minimum absolute atomic E-state index is 0.132. The maximum absolute atomic E-state index is 12.7. The number of anilines is 1. The second kappa shape index (κ2) is 10.2. The Balaban J connectivity index is 1.46. The van der Waals surface area contributed by atoms with Crippen molar-refractivity contribution in [3.63, 3.8) is 0 Å². The Kier molecular flexibility index (Phi) is 7.20. The Labute approximate surface area is 181 Å². The molecule has 160 valence electrons. The highest BCUT2D eigenvalue weighted by Crippen LogP contribution is 2.24. The van der Waals surface area contributed by atoms with E-state index in [4.69, 9.17) is 14.5 Å². The Morgan fingerprint density at radius 3 is 2.70 bits per heavy atom. The van der Waals surface area contributed by atoms with E-state index < -0.39 is 0 Å². The number of carbonyl (C=O) groups excluding carboxylic acids is 1. The number of hydrogen-bond acceptors (Lipinski definition) is 7. The van der Waals surface area contributed by atoms with Gasteiger partial charge in [0, 0.05) is 50.7 Å². The molecule has 1 aromatic carbocycles. The number of hydrogen-bond donors (Lipinski definition) is 0. The number of aromatic nitrogens is 2. The van der Waals surface area contributed by atoms with Gasteiger partial charge in [-0.3, -0.25) is 4.79 Å². The van der Waals surface area contributed by atoms with Gasteiger partial charge in [0.05, 0.1) is 25.5 Å². The van der Waals surface area contributed by atoms with Crippen molar-refractivity contribution >= 4 is 23.5 Å². The molecule has 0 spiro atoms. The normalized spacial score (nSPS) is 16.8. The predicted octanol–water partition coefficient (Wildman–Crippen LogP) is 2.99. The third kappa shape index (κ3) is 5.30. The van der Waals surface area contributed by atoms with Crippen LogP contribution in [0.15, 0.2) is 35.5 Å². The topological polar surface area (TPSA) is 67.8 Å². The Bertz CT molecular complexity index is 867. The van der Waals surface area contributed by atoms with Crippen LogP contribution in [0.2, 0.25) is 0 Å². The Morgan fingerprint density at radius 2 is 1.93 bits per heavy atom. The van der Waals surface area contributed by atoms with Crippen LogP contribution in [0.4, 0.5) is 5.82 Å². The van der Waals surface area contributed by atoms with Gasteiger partial charge in [0.1, 0.15) is 5.82 Å². The van der Waals surface area contributed by atoms with Crippen LogP contribution in [-0.4, -0.2) is 67.3 Å². The van der Waals surface area contributed by atoms with E-state index in [2.05, 4.69) is 16.0 Å². The molecule has 2 aliphatic rings. The summed E-state index contributed by atoms with van der Waals surface area (Å²) in [7, 11) is 1.67. The van der Waals surface area contributed by atoms with E-state index in [0.717, 1.165) is 66.8 Å². The number of amides is 1. The number of carbonyl (C=O) groups is 1. The lowest BCUT2D eigenvalue weighted by Crippen LogP contribution is -2.37. The monoisotopic (exact) mass is 428 g/mol. The second-order valence-electron chi connectivity index (χ2n) is 7.52. The molecule has 0 atom stereocenters. The predicted molar refractivity (Wildman–Crippen MR) is 117 cm³/mol. The molecule has 0 N–H and O–H groups in total. The summed E-state index contributed by atoms with van der Waals surface area (Å²) in [4.78, 5) is 26.3. The van der Waals surface area contributed by atoms with Crippen molar-refractivity contribution in [3.8, 4) is 0 Å². The molecule has 8 heteroatoms. The number of ether oxygens (including phenoxy) is 2. The molecule has 0 bridgehead atoms. The molecule has 0 saturated carbocycles. The fourth-order valence-electron chi connectivity index (χ4n) is 3.75. The maximum atomic E-state index is 12.7. The zero-order chi connectivity index (χ0) is 20.8. The van der Waals surface area contributed by atoms with Crippen LogP contribution in [0.5, 0.6) is 0 Å². The number of methoxy groups -OCH3 is 1. The summed E-state index contributed by atoms with van der Waals surface area (Å²) in [6.07, 6.45) is 2.20. The van der Waals surface area contributed by atoms with Crippen molar-refractivity contribution in [1.82, 2.24) is 14.9 Å². The first kappa shape index (κ1) is 21.1. The van der Waals surface area contributed by atoms with Gasteiger partial charge in [-0.1, -0.05) is 23.9 Å². The van der Waals surface area contributed by atoms with Crippen molar-refractivity contribution in [2.45, 2.75) is 30.4 Å². The number of nitrogens with zero attached hydrogens (tertiary/aromatic N) is 4. The molecule has 0 unspecified atom stereocenters. The number of benzene rings is 1. The standard InChI is InChI=1S/C22H28N4O3S/c1-28-15-19-14-20(25-9-11-29-12-10-25)24-22(23-19)30-16-17-5-4-6-18(13-17)21(27)26-7-2-3-8-26/h4-6,13-14H,2-3,7-12,15-16H2,1H3. The van der Waals surface area contributed by atoms with Gasteiger partial charge in [-0.2, -0.15) is 0 Å². The highest BCUT2D eigenvalue weighted by Gasteiger charge is 2.20. The summed E-state index contributed by atoms with van der Waals surface area (Å²) in [6.45, 7) is 5.26. The Morgan fingerprint density at radius 1 is 1.13 bits per heavy atom. The number of rotatable bonds is 7.